The fraction of sp³-hybridized carbons (Fsp3) is 0.500. The van der Waals surface area contributed by atoms with Crippen molar-refractivity contribution in [2.24, 2.45) is 5.73 Å². The molecule has 0 saturated carbocycles. The summed E-state index contributed by atoms with van der Waals surface area (Å²) in [6.45, 7) is 4.60. The zero-order chi connectivity index (χ0) is 14.3. The average Bonchev–Trinajstić information content (AvgIpc) is 2.37. The van der Waals surface area contributed by atoms with Crippen LogP contribution >= 0.6 is 11.6 Å². The fourth-order valence-corrected chi connectivity index (χ4v) is 1.76. The van der Waals surface area contributed by atoms with Crippen LogP contribution in [-0.2, 0) is 4.79 Å². The lowest BCUT2D eigenvalue weighted by Gasteiger charge is -2.11. The van der Waals surface area contributed by atoms with Crippen LogP contribution in [0.1, 0.15) is 38.3 Å². The van der Waals surface area contributed by atoms with Crippen LogP contribution < -0.4 is 15.8 Å². The highest BCUT2D eigenvalue weighted by Crippen LogP contribution is 2.27. The number of nitrogens with one attached hydrogen (secondary N) is 1. The minimum Gasteiger partial charge on any atom is -0.482 e. The second kappa shape index (κ2) is 8.02. The third kappa shape index (κ3) is 5.49. The molecule has 0 aromatic heterocycles. The number of hydrogen-bond acceptors (Lipinski definition) is 3. The summed E-state index contributed by atoms with van der Waals surface area (Å²) in [6.07, 6.45) is 2.02. The molecule has 0 unspecified atom stereocenters. The number of carbonyl (C=O) groups is 1. The first kappa shape index (κ1) is 15.8. The van der Waals surface area contributed by atoms with Gasteiger partial charge in [-0.05, 0) is 31.0 Å². The van der Waals surface area contributed by atoms with Gasteiger partial charge in [0.25, 0.3) is 5.91 Å². The summed E-state index contributed by atoms with van der Waals surface area (Å²) in [5.41, 5.74) is 6.69. The van der Waals surface area contributed by atoms with E-state index in [4.69, 9.17) is 22.1 Å². The van der Waals surface area contributed by atoms with Gasteiger partial charge in [0.1, 0.15) is 5.75 Å². The van der Waals surface area contributed by atoms with E-state index in [2.05, 4.69) is 12.2 Å². The predicted octanol–water partition coefficient (Wildman–Crippen LogP) is 2.65. The Kier molecular flexibility index (Phi) is 6.67. The van der Waals surface area contributed by atoms with E-state index in [9.17, 15) is 4.79 Å². The highest BCUT2D eigenvalue weighted by molar-refractivity contribution is 6.32. The van der Waals surface area contributed by atoms with Gasteiger partial charge < -0.3 is 15.8 Å². The van der Waals surface area contributed by atoms with Crippen LogP contribution in [0.4, 0.5) is 0 Å². The number of halogens is 1. The van der Waals surface area contributed by atoms with Gasteiger partial charge in [0.15, 0.2) is 6.61 Å². The third-order valence-electron chi connectivity index (χ3n) is 2.69. The van der Waals surface area contributed by atoms with Gasteiger partial charge in [-0.15, -0.1) is 0 Å². The van der Waals surface area contributed by atoms with Crippen molar-refractivity contribution in [3.8, 4) is 5.75 Å². The number of ether oxygens (including phenoxy) is 1. The van der Waals surface area contributed by atoms with E-state index >= 15 is 0 Å². The Morgan fingerprint density at radius 3 is 2.84 bits per heavy atom. The minimum atomic E-state index is -0.138. The lowest BCUT2D eigenvalue weighted by molar-refractivity contribution is -0.123. The molecule has 0 saturated heterocycles. The van der Waals surface area contributed by atoms with Crippen LogP contribution in [0, 0.1) is 0 Å². The standard InChI is InChI=1S/C14H21ClN2O2/c1-3-4-7-17-14(18)9-19-13-6-5-11(10(2)16)8-12(13)15/h5-6,8,10H,3-4,7,9,16H2,1-2H3,(H,17,18)/t10-/m0/s1. The number of nitrogens with two attached hydrogens (primary N) is 1. The van der Waals surface area contributed by atoms with Crippen molar-refractivity contribution in [3.63, 3.8) is 0 Å². The average molecular weight is 285 g/mol. The van der Waals surface area contributed by atoms with Gasteiger partial charge in [-0.2, -0.15) is 0 Å². The maximum atomic E-state index is 11.5. The van der Waals surface area contributed by atoms with Gasteiger partial charge >= 0.3 is 0 Å². The molecule has 1 atom stereocenters. The first-order valence-corrected chi connectivity index (χ1v) is 6.87. The Morgan fingerprint density at radius 2 is 2.26 bits per heavy atom. The summed E-state index contributed by atoms with van der Waals surface area (Å²) in [4.78, 5) is 11.5. The molecular formula is C14H21ClN2O2. The van der Waals surface area contributed by atoms with Crippen molar-refractivity contribution >= 4 is 17.5 Å². The fourth-order valence-electron chi connectivity index (χ4n) is 1.52. The van der Waals surface area contributed by atoms with Gasteiger partial charge in [0, 0.05) is 12.6 Å². The Morgan fingerprint density at radius 1 is 1.53 bits per heavy atom. The molecule has 106 valence electrons. The maximum absolute atomic E-state index is 11.5. The van der Waals surface area contributed by atoms with Crippen LogP contribution in [-0.4, -0.2) is 19.1 Å². The SMILES string of the molecule is CCCCNC(=O)COc1ccc([C@H](C)N)cc1Cl. The van der Waals surface area contributed by atoms with Gasteiger partial charge in [-0.25, -0.2) is 0 Å². The molecule has 1 aromatic carbocycles. The number of hydrogen-bond donors (Lipinski definition) is 2. The van der Waals surface area contributed by atoms with Crippen molar-refractivity contribution in [2.45, 2.75) is 32.7 Å². The monoisotopic (exact) mass is 284 g/mol. The van der Waals surface area contributed by atoms with Crippen molar-refractivity contribution in [2.75, 3.05) is 13.2 Å². The van der Waals surface area contributed by atoms with Crippen molar-refractivity contribution < 1.29 is 9.53 Å². The largest absolute Gasteiger partial charge is 0.482 e. The molecule has 0 radical (unpaired) electrons. The Bertz CT molecular complexity index is 422. The first-order valence-electron chi connectivity index (χ1n) is 6.49. The number of amides is 1. The quantitative estimate of drug-likeness (QED) is 0.757. The highest BCUT2D eigenvalue weighted by atomic mass is 35.5. The van der Waals surface area contributed by atoms with Crippen LogP contribution in [0.25, 0.3) is 0 Å². The number of carbonyl (C=O) groups excluding carboxylic acids is 1. The van der Waals surface area contributed by atoms with Gasteiger partial charge in [-0.3, -0.25) is 4.79 Å². The molecular weight excluding hydrogens is 264 g/mol. The molecule has 0 spiro atoms. The molecule has 3 N–H and O–H groups in total. The second-order valence-electron chi connectivity index (χ2n) is 4.47. The van der Waals surface area contributed by atoms with E-state index in [1.165, 1.54) is 0 Å². The molecule has 0 aliphatic carbocycles. The summed E-state index contributed by atoms with van der Waals surface area (Å²) >= 11 is 6.07. The van der Waals surface area contributed by atoms with E-state index in [1.807, 2.05) is 13.0 Å². The summed E-state index contributed by atoms with van der Waals surface area (Å²) < 4.78 is 5.38. The molecule has 0 heterocycles. The summed E-state index contributed by atoms with van der Waals surface area (Å²) in [5, 5.41) is 3.24. The Labute approximate surface area is 119 Å². The first-order chi connectivity index (χ1) is 9.04. The molecule has 4 nitrogen and oxygen atoms in total. The second-order valence-corrected chi connectivity index (χ2v) is 4.88. The van der Waals surface area contributed by atoms with E-state index in [1.54, 1.807) is 12.1 Å². The zero-order valence-corrected chi connectivity index (χ0v) is 12.2. The summed E-state index contributed by atoms with van der Waals surface area (Å²) in [6, 6.07) is 5.27. The van der Waals surface area contributed by atoms with E-state index < -0.39 is 0 Å². The van der Waals surface area contributed by atoms with Crippen LogP contribution in [0.2, 0.25) is 5.02 Å². The minimum absolute atomic E-state index is 0.0268. The molecule has 0 fully saturated rings. The number of unbranched alkanes of at least 4 members (excludes halogenated alkanes) is 1. The molecule has 1 rings (SSSR count). The topological polar surface area (TPSA) is 64.3 Å². The smallest absolute Gasteiger partial charge is 0.257 e. The molecule has 5 heteroatoms. The van der Waals surface area contributed by atoms with E-state index in [-0.39, 0.29) is 18.6 Å². The molecule has 1 amide bonds. The van der Waals surface area contributed by atoms with Crippen LogP contribution in [0.3, 0.4) is 0 Å². The van der Waals surface area contributed by atoms with E-state index in [0.29, 0.717) is 17.3 Å². The third-order valence-corrected chi connectivity index (χ3v) is 2.99. The molecule has 0 aliphatic heterocycles. The molecule has 0 aliphatic rings. The predicted molar refractivity (Wildman–Crippen MR) is 77.5 cm³/mol. The van der Waals surface area contributed by atoms with Crippen LogP contribution in [0.15, 0.2) is 18.2 Å². The summed E-state index contributed by atoms with van der Waals surface area (Å²) in [5.74, 6) is 0.359. The van der Waals surface area contributed by atoms with Crippen LogP contribution in [0.5, 0.6) is 5.75 Å². The lowest BCUT2D eigenvalue weighted by atomic mass is 10.1. The van der Waals surface area contributed by atoms with Gasteiger partial charge in [0.05, 0.1) is 5.02 Å². The normalized spacial score (nSPS) is 12.0. The van der Waals surface area contributed by atoms with Crippen molar-refractivity contribution in [1.82, 2.24) is 5.32 Å². The maximum Gasteiger partial charge on any atom is 0.257 e. The molecule has 1 aromatic rings. The number of benzene rings is 1. The van der Waals surface area contributed by atoms with Crippen molar-refractivity contribution in [3.05, 3.63) is 28.8 Å². The summed E-state index contributed by atoms with van der Waals surface area (Å²) in [7, 11) is 0. The van der Waals surface area contributed by atoms with Crippen molar-refractivity contribution in [1.29, 1.82) is 0 Å². The highest BCUT2D eigenvalue weighted by Gasteiger charge is 2.08. The van der Waals surface area contributed by atoms with Gasteiger partial charge in [0.2, 0.25) is 0 Å². The Hall–Kier alpha value is -1.26. The Balaban J connectivity index is 2.47. The zero-order valence-electron chi connectivity index (χ0n) is 11.4. The molecule has 0 bridgehead atoms. The number of rotatable bonds is 7. The lowest BCUT2D eigenvalue weighted by Crippen LogP contribution is -2.29. The molecule has 19 heavy (non-hydrogen) atoms. The van der Waals surface area contributed by atoms with Gasteiger partial charge in [-0.1, -0.05) is 31.0 Å². The van der Waals surface area contributed by atoms with E-state index in [0.717, 1.165) is 18.4 Å².